The summed E-state index contributed by atoms with van der Waals surface area (Å²) in [6.07, 6.45) is 1.68. The molecule has 1 heterocycles. The van der Waals surface area contributed by atoms with Gasteiger partial charge in [-0.1, -0.05) is 11.6 Å². The van der Waals surface area contributed by atoms with E-state index in [0.717, 1.165) is 25.0 Å². The van der Waals surface area contributed by atoms with E-state index in [4.69, 9.17) is 31.5 Å². The van der Waals surface area contributed by atoms with Gasteiger partial charge >= 0.3 is 0 Å². The molecule has 4 nitrogen and oxygen atoms in total. The van der Waals surface area contributed by atoms with E-state index in [-0.39, 0.29) is 12.1 Å². The summed E-state index contributed by atoms with van der Waals surface area (Å²) >= 11 is 6.29. The third kappa shape index (κ3) is 3.75. The molecule has 0 aliphatic carbocycles. The Balaban J connectivity index is 2.21. The fourth-order valence-corrected chi connectivity index (χ4v) is 2.43. The number of methoxy groups -OCH3 is 1. The molecule has 1 aliphatic heterocycles. The Labute approximate surface area is 118 Å². The van der Waals surface area contributed by atoms with Crippen molar-refractivity contribution >= 4 is 11.6 Å². The minimum absolute atomic E-state index is 0.0469. The minimum Gasteiger partial charge on any atom is -0.493 e. The van der Waals surface area contributed by atoms with Crippen molar-refractivity contribution in [2.75, 3.05) is 20.3 Å². The highest BCUT2D eigenvalue weighted by Gasteiger charge is 2.21. The van der Waals surface area contributed by atoms with E-state index in [0.29, 0.717) is 23.1 Å². The van der Waals surface area contributed by atoms with Gasteiger partial charge in [0.2, 0.25) is 0 Å². The molecular weight excluding hydrogens is 266 g/mol. The lowest BCUT2D eigenvalue weighted by Gasteiger charge is -2.18. The smallest absolute Gasteiger partial charge is 0.180 e. The van der Waals surface area contributed by atoms with E-state index in [1.165, 1.54) is 0 Å². The molecule has 5 heteroatoms. The van der Waals surface area contributed by atoms with Crippen molar-refractivity contribution in [3.8, 4) is 11.5 Å². The van der Waals surface area contributed by atoms with Crippen LogP contribution < -0.4 is 15.2 Å². The van der Waals surface area contributed by atoms with Crippen LogP contribution in [0.1, 0.15) is 18.9 Å². The molecule has 1 aliphatic rings. The van der Waals surface area contributed by atoms with E-state index >= 15 is 0 Å². The second-order valence-electron chi connectivity index (χ2n) is 4.89. The van der Waals surface area contributed by atoms with Crippen molar-refractivity contribution in [2.24, 2.45) is 5.73 Å². The second kappa shape index (κ2) is 6.46. The van der Waals surface area contributed by atoms with Crippen LogP contribution >= 0.6 is 11.6 Å². The molecule has 1 saturated heterocycles. The van der Waals surface area contributed by atoms with Crippen LogP contribution in [-0.2, 0) is 11.2 Å². The first-order chi connectivity index (χ1) is 9.10. The topological polar surface area (TPSA) is 53.7 Å². The van der Waals surface area contributed by atoms with Gasteiger partial charge < -0.3 is 19.9 Å². The van der Waals surface area contributed by atoms with Gasteiger partial charge in [-0.15, -0.1) is 0 Å². The first-order valence-electron chi connectivity index (χ1n) is 6.46. The maximum Gasteiger partial charge on any atom is 0.180 e. The zero-order chi connectivity index (χ0) is 13.8. The Kier molecular flexibility index (Phi) is 4.91. The standard InChI is InChI=1S/C14H20ClNO3/c1-9(16)5-10-6-12(15)14(13(7-10)17-2)19-11-3-4-18-8-11/h6-7,9,11H,3-5,8,16H2,1-2H3. The van der Waals surface area contributed by atoms with Crippen LogP contribution in [0.4, 0.5) is 0 Å². The summed E-state index contributed by atoms with van der Waals surface area (Å²) in [5.41, 5.74) is 6.85. The lowest BCUT2D eigenvalue weighted by atomic mass is 10.1. The number of ether oxygens (including phenoxy) is 3. The van der Waals surface area contributed by atoms with Crippen molar-refractivity contribution in [3.05, 3.63) is 22.7 Å². The molecule has 0 spiro atoms. The molecule has 2 atom stereocenters. The highest BCUT2D eigenvalue weighted by molar-refractivity contribution is 6.32. The fourth-order valence-electron chi connectivity index (χ4n) is 2.15. The van der Waals surface area contributed by atoms with Gasteiger partial charge in [0, 0.05) is 12.5 Å². The van der Waals surface area contributed by atoms with E-state index in [1.807, 2.05) is 19.1 Å². The molecule has 106 valence electrons. The van der Waals surface area contributed by atoms with Crippen LogP contribution in [0.5, 0.6) is 11.5 Å². The summed E-state index contributed by atoms with van der Waals surface area (Å²) in [6, 6.07) is 3.90. The third-order valence-corrected chi connectivity index (χ3v) is 3.30. The SMILES string of the molecule is COc1cc(CC(C)N)cc(Cl)c1OC1CCOC1. The quantitative estimate of drug-likeness (QED) is 0.903. The molecule has 0 radical (unpaired) electrons. The molecule has 19 heavy (non-hydrogen) atoms. The highest BCUT2D eigenvalue weighted by atomic mass is 35.5. The maximum atomic E-state index is 6.29. The molecule has 0 bridgehead atoms. The number of nitrogens with two attached hydrogens (primary N) is 1. The average molecular weight is 286 g/mol. The first kappa shape index (κ1) is 14.4. The Bertz CT molecular complexity index is 431. The number of hydrogen-bond acceptors (Lipinski definition) is 4. The van der Waals surface area contributed by atoms with Gasteiger partial charge in [0.25, 0.3) is 0 Å². The summed E-state index contributed by atoms with van der Waals surface area (Å²) in [5.74, 6) is 1.24. The molecule has 2 unspecified atom stereocenters. The molecule has 1 fully saturated rings. The van der Waals surface area contributed by atoms with Crippen LogP contribution in [0.15, 0.2) is 12.1 Å². The van der Waals surface area contributed by atoms with Crippen molar-refractivity contribution in [2.45, 2.75) is 31.9 Å². The summed E-state index contributed by atoms with van der Waals surface area (Å²) in [6.45, 7) is 3.29. The molecule has 0 saturated carbocycles. The van der Waals surface area contributed by atoms with Gasteiger partial charge in [-0.05, 0) is 31.0 Å². The van der Waals surface area contributed by atoms with Gasteiger partial charge in [-0.2, -0.15) is 0 Å². The number of halogens is 1. The Hall–Kier alpha value is -0.970. The van der Waals surface area contributed by atoms with Gasteiger partial charge in [0.15, 0.2) is 11.5 Å². The van der Waals surface area contributed by atoms with Crippen molar-refractivity contribution in [1.82, 2.24) is 0 Å². The zero-order valence-electron chi connectivity index (χ0n) is 11.3. The van der Waals surface area contributed by atoms with Crippen LogP contribution in [0.25, 0.3) is 0 Å². The van der Waals surface area contributed by atoms with Crippen molar-refractivity contribution < 1.29 is 14.2 Å². The van der Waals surface area contributed by atoms with Crippen LogP contribution in [0.3, 0.4) is 0 Å². The van der Waals surface area contributed by atoms with Gasteiger partial charge in [-0.25, -0.2) is 0 Å². The number of rotatable bonds is 5. The Morgan fingerprint density at radius 1 is 1.53 bits per heavy atom. The van der Waals surface area contributed by atoms with Crippen molar-refractivity contribution in [1.29, 1.82) is 0 Å². The lowest BCUT2D eigenvalue weighted by Crippen LogP contribution is -2.18. The van der Waals surface area contributed by atoms with Crippen molar-refractivity contribution in [3.63, 3.8) is 0 Å². The zero-order valence-corrected chi connectivity index (χ0v) is 12.1. The normalized spacial score (nSPS) is 20.3. The molecule has 1 aromatic carbocycles. The molecule has 2 rings (SSSR count). The summed E-state index contributed by atoms with van der Waals surface area (Å²) < 4.78 is 16.5. The van der Waals surface area contributed by atoms with Crippen LogP contribution in [0.2, 0.25) is 5.02 Å². The van der Waals surface area contributed by atoms with E-state index < -0.39 is 0 Å². The molecular formula is C14H20ClNO3. The van der Waals surface area contributed by atoms with Crippen LogP contribution in [0, 0.1) is 0 Å². The summed E-state index contributed by atoms with van der Waals surface area (Å²) in [5, 5.41) is 0.557. The predicted octanol–water partition coefficient (Wildman–Crippen LogP) is 2.41. The number of hydrogen-bond donors (Lipinski definition) is 1. The van der Waals surface area contributed by atoms with E-state index in [2.05, 4.69) is 0 Å². The summed E-state index contributed by atoms with van der Waals surface area (Å²) in [4.78, 5) is 0. The van der Waals surface area contributed by atoms with Gasteiger partial charge in [0.1, 0.15) is 6.10 Å². The third-order valence-electron chi connectivity index (χ3n) is 3.02. The lowest BCUT2D eigenvalue weighted by molar-refractivity contribution is 0.138. The molecule has 0 aromatic heterocycles. The first-order valence-corrected chi connectivity index (χ1v) is 6.84. The number of benzene rings is 1. The Morgan fingerprint density at radius 3 is 2.89 bits per heavy atom. The monoisotopic (exact) mass is 285 g/mol. The maximum absolute atomic E-state index is 6.29. The minimum atomic E-state index is 0.0469. The highest BCUT2D eigenvalue weighted by Crippen LogP contribution is 2.38. The van der Waals surface area contributed by atoms with E-state index in [1.54, 1.807) is 7.11 Å². The van der Waals surface area contributed by atoms with Gasteiger partial charge in [-0.3, -0.25) is 0 Å². The fraction of sp³-hybridized carbons (Fsp3) is 0.571. The van der Waals surface area contributed by atoms with Gasteiger partial charge in [0.05, 0.1) is 25.3 Å². The predicted molar refractivity (Wildman–Crippen MR) is 75.2 cm³/mol. The molecule has 1 aromatic rings. The average Bonchev–Trinajstić information content (AvgIpc) is 2.84. The summed E-state index contributed by atoms with van der Waals surface area (Å²) in [7, 11) is 1.61. The van der Waals surface area contributed by atoms with E-state index in [9.17, 15) is 0 Å². The Morgan fingerprint density at radius 2 is 2.32 bits per heavy atom. The second-order valence-corrected chi connectivity index (χ2v) is 5.30. The van der Waals surface area contributed by atoms with Crippen LogP contribution in [-0.4, -0.2) is 32.5 Å². The molecule has 2 N–H and O–H groups in total. The molecule has 0 amide bonds. The largest absolute Gasteiger partial charge is 0.493 e.